The highest BCUT2D eigenvalue weighted by atomic mass is 35.5. The lowest BCUT2D eigenvalue weighted by molar-refractivity contribution is -0.141. The molecule has 0 atom stereocenters. The Balaban J connectivity index is 1.83. The first-order valence-electron chi connectivity index (χ1n) is 9.00. The average Bonchev–Trinajstić information content (AvgIpc) is 3.11. The van der Waals surface area contributed by atoms with Gasteiger partial charge in [0.15, 0.2) is 12.3 Å². The summed E-state index contributed by atoms with van der Waals surface area (Å²) >= 11 is 6.09. The molecule has 3 rings (SSSR count). The van der Waals surface area contributed by atoms with Gasteiger partial charge in [-0.15, -0.1) is 0 Å². The molecule has 10 heteroatoms. The highest BCUT2D eigenvalue weighted by Gasteiger charge is 2.36. The van der Waals surface area contributed by atoms with Gasteiger partial charge in [-0.1, -0.05) is 36.7 Å². The number of anilines is 1. The van der Waals surface area contributed by atoms with Crippen molar-refractivity contribution in [2.45, 2.75) is 26.4 Å². The zero-order valence-electron chi connectivity index (χ0n) is 16.1. The number of para-hydroxylation sites is 1. The largest absolute Gasteiger partial charge is 0.467 e. The standard InChI is InChI=1S/C20H18ClF3N4O2/c1-3-13-9-8-12(2)25-19(13)26-17(29)11-30-18-10-16(20(22,23)24)27-28(18)15-7-5-4-6-14(15)21/h4-10H,3,11H2,1-2H3,(H,25,26,29). The number of nitrogens with zero attached hydrogens (tertiary/aromatic N) is 3. The first-order valence-corrected chi connectivity index (χ1v) is 9.38. The molecule has 2 heterocycles. The third-order valence-corrected chi connectivity index (χ3v) is 4.48. The fourth-order valence-electron chi connectivity index (χ4n) is 2.69. The van der Waals surface area contributed by atoms with Crippen LogP contribution in [0.15, 0.2) is 42.5 Å². The van der Waals surface area contributed by atoms with Crippen molar-refractivity contribution in [3.05, 3.63) is 64.4 Å². The van der Waals surface area contributed by atoms with E-state index in [0.29, 0.717) is 12.2 Å². The quantitative estimate of drug-likeness (QED) is 0.598. The molecule has 1 N–H and O–H groups in total. The van der Waals surface area contributed by atoms with Gasteiger partial charge < -0.3 is 10.1 Å². The van der Waals surface area contributed by atoms with Crippen LogP contribution in [0.25, 0.3) is 5.69 Å². The summed E-state index contributed by atoms with van der Waals surface area (Å²) in [6.45, 7) is 3.16. The lowest BCUT2D eigenvalue weighted by atomic mass is 10.2. The van der Waals surface area contributed by atoms with Gasteiger partial charge in [0, 0.05) is 11.8 Å². The molecule has 3 aromatic rings. The number of hydrogen-bond donors (Lipinski definition) is 1. The molecule has 0 aliphatic rings. The number of aromatic nitrogens is 3. The average molecular weight is 439 g/mol. The van der Waals surface area contributed by atoms with Crippen molar-refractivity contribution in [2.24, 2.45) is 0 Å². The van der Waals surface area contributed by atoms with Gasteiger partial charge in [0.2, 0.25) is 5.88 Å². The van der Waals surface area contributed by atoms with Crippen molar-refractivity contribution in [3.63, 3.8) is 0 Å². The van der Waals surface area contributed by atoms with Crippen molar-refractivity contribution in [3.8, 4) is 11.6 Å². The molecule has 30 heavy (non-hydrogen) atoms. The molecule has 158 valence electrons. The number of benzene rings is 1. The highest BCUT2D eigenvalue weighted by Crippen LogP contribution is 2.33. The van der Waals surface area contributed by atoms with Gasteiger partial charge in [-0.3, -0.25) is 4.79 Å². The maximum atomic E-state index is 13.2. The number of alkyl halides is 3. The Morgan fingerprint density at radius 1 is 1.23 bits per heavy atom. The van der Waals surface area contributed by atoms with Crippen molar-refractivity contribution in [1.29, 1.82) is 0 Å². The minimum absolute atomic E-state index is 0.181. The normalized spacial score (nSPS) is 11.4. The van der Waals surface area contributed by atoms with E-state index >= 15 is 0 Å². The predicted molar refractivity (Wildman–Crippen MR) is 106 cm³/mol. The fraction of sp³-hybridized carbons (Fsp3) is 0.250. The number of carbonyl (C=O) groups is 1. The number of ether oxygens (including phenoxy) is 1. The first-order chi connectivity index (χ1) is 14.2. The third kappa shape index (κ3) is 4.91. The van der Waals surface area contributed by atoms with Crippen molar-refractivity contribution < 1.29 is 22.7 Å². The van der Waals surface area contributed by atoms with E-state index in [1.165, 1.54) is 12.1 Å². The van der Waals surface area contributed by atoms with Crippen LogP contribution in [-0.2, 0) is 17.4 Å². The Labute approximate surface area is 175 Å². The molecule has 2 aromatic heterocycles. The van der Waals surface area contributed by atoms with Crippen LogP contribution in [0.4, 0.5) is 19.0 Å². The number of amides is 1. The Hall–Kier alpha value is -3.07. The molecule has 0 unspecified atom stereocenters. The number of pyridine rings is 1. The monoisotopic (exact) mass is 438 g/mol. The van der Waals surface area contributed by atoms with Gasteiger partial charge in [-0.05, 0) is 37.1 Å². The molecule has 0 saturated carbocycles. The Morgan fingerprint density at radius 2 is 1.97 bits per heavy atom. The minimum atomic E-state index is -4.69. The van der Waals surface area contributed by atoms with E-state index in [0.717, 1.165) is 22.0 Å². The van der Waals surface area contributed by atoms with E-state index < -0.39 is 24.4 Å². The van der Waals surface area contributed by atoms with Crippen LogP contribution >= 0.6 is 11.6 Å². The van der Waals surface area contributed by atoms with Gasteiger partial charge in [0.1, 0.15) is 5.82 Å². The van der Waals surface area contributed by atoms with Crippen LogP contribution < -0.4 is 10.1 Å². The molecule has 6 nitrogen and oxygen atoms in total. The number of halogens is 4. The van der Waals surface area contributed by atoms with E-state index in [1.54, 1.807) is 19.1 Å². The van der Waals surface area contributed by atoms with Crippen LogP contribution in [-0.4, -0.2) is 27.3 Å². The summed E-state index contributed by atoms with van der Waals surface area (Å²) in [6.07, 6.45) is -4.04. The molecule has 0 aliphatic heterocycles. The molecule has 1 amide bonds. The second-order valence-electron chi connectivity index (χ2n) is 6.38. The summed E-state index contributed by atoms with van der Waals surface area (Å²) in [4.78, 5) is 16.6. The maximum absolute atomic E-state index is 13.2. The lowest BCUT2D eigenvalue weighted by Gasteiger charge is -2.12. The van der Waals surface area contributed by atoms with E-state index in [4.69, 9.17) is 16.3 Å². The summed E-state index contributed by atoms with van der Waals surface area (Å²) in [5.41, 5.74) is 0.578. The van der Waals surface area contributed by atoms with Crippen LogP contribution in [0.3, 0.4) is 0 Å². The molecule has 0 aliphatic carbocycles. The Kier molecular flexibility index (Phi) is 6.31. The van der Waals surface area contributed by atoms with Crippen molar-refractivity contribution in [2.75, 3.05) is 11.9 Å². The molecule has 0 fully saturated rings. The van der Waals surface area contributed by atoms with Gasteiger partial charge in [-0.2, -0.15) is 23.0 Å². The lowest BCUT2D eigenvalue weighted by Crippen LogP contribution is -2.22. The second-order valence-corrected chi connectivity index (χ2v) is 6.79. The van der Waals surface area contributed by atoms with Crippen LogP contribution in [0.5, 0.6) is 5.88 Å². The molecule has 0 spiro atoms. The zero-order valence-corrected chi connectivity index (χ0v) is 16.9. The van der Waals surface area contributed by atoms with Crippen LogP contribution in [0.1, 0.15) is 23.9 Å². The first kappa shape index (κ1) is 21.6. The van der Waals surface area contributed by atoms with Crippen molar-refractivity contribution in [1.82, 2.24) is 14.8 Å². The van der Waals surface area contributed by atoms with Gasteiger partial charge >= 0.3 is 6.18 Å². The van der Waals surface area contributed by atoms with E-state index in [1.807, 2.05) is 19.1 Å². The van der Waals surface area contributed by atoms with Crippen LogP contribution in [0, 0.1) is 6.92 Å². The topological polar surface area (TPSA) is 69.0 Å². The van der Waals surface area contributed by atoms with Gasteiger partial charge in [0.05, 0.1) is 10.7 Å². The summed E-state index contributed by atoms with van der Waals surface area (Å²) in [5, 5.41) is 6.36. The highest BCUT2D eigenvalue weighted by molar-refractivity contribution is 6.32. The van der Waals surface area contributed by atoms with Crippen molar-refractivity contribution >= 4 is 23.3 Å². The summed E-state index contributed by atoms with van der Waals surface area (Å²) < 4.78 is 45.7. The number of hydrogen-bond acceptors (Lipinski definition) is 4. The molecule has 1 aromatic carbocycles. The minimum Gasteiger partial charge on any atom is -0.467 e. The zero-order chi connectivity index (χ0) is 21.9. The molecule has 0 radical (unpaired) electrons. The van der Waals surface area contributed by atoms with Gasteiger partial charge in [0.25, 0.3) is 5.91 Å². The van der Waals surface area contributed by atoms with Gasteiger partial charge in [-0.25, -0.2) is 4.98 Å². The third-order valence-electron chi connectivity index (χ3n) is 4.16. The van der Waals surface area contributed by atoms with E-state index in [2.05, 4.69) is 15.4 Å². The van der Waals surface area contributed by atoms with E-state index in [9.17, 15) is 18.0 Å². The fourth-order valence-corrected chi connectivity index (χ4v) is 2.90. The number of rotatable bonds is 6. The number of carbonyl (C=O) groups excluding carboxylic acids is 1. The Bertz CT molecular complexity index is 1070. The molecular formula is C20H18ClF3N4O2. The summed E-state index contributed by atoms with van der Waals surface area (Å²) in [5.74, 6) is -0.441. The summed E-state index contributed by atoms with van der Waals surface area (Å²) in [7, 11) is 0. The second kappa shape index (κ2) is 8.74. The number of nitrogens with one attached hydrogen (secondary N) is 1. The number of aryl methyl sites for hydroxylation is 2. The molecule has 0 bridgehead atoms. The van der Waals surface area contributed by atoms with Crippen LogP contribution in [0.2, 0.25) is 5.02 Å². The van der Waals surface area contributed by atoms with E-state index in [-0.39, 0.29) is 16.6 Å². The SMILES string of the molecule is CCc1ccc(C)nc1NC(=O)COc1cc(C(F)(F)F)nn1-c1ccccc1Cl. The maximum Gasteiger partial charge on any atom is 0.435 e. The Morgan fingerprint density at radius 3 is 2.63 bits per heavy atom. The molecule has 0 saturated heterocycles. The summed E-state index contributed by atoms with van der Waals surface area (Å²) in [6, 6.07) is 10.6. The smallest absolute Gasteiger partial charge is 0.435 e. The molecular weight excluding hydrogens is 421 g/mol. The predicted octanol–water partition coefficient (Wildman–Crippen LogP) is 4.83.